The van der Waals surface area contributed by atoms with Crippen LogP contribution in [0.1, 0.15) is 27.8 Å². The quantitative estimate of drug-likeness (QED) is 0.660. The number of nitrogens with one attached hydrogen (secondary N) is 1. The summed E-state index contributed by atoms with van der Waals surface area (Å²) in [6.07, 6.45) is 6.75. The second-order valence-corrected chi connectivity index (χ2v) is 8.40. The first-order valence-electron chi connectivity index (χ1n) is 10.3. The zero-order valence-corrected chi connectivity index (χ0v) is 17.5. The number of nitrogens with zero attached hydrogens (tertiary/aromatic N) is 7. The van der Waals surface area contributed by atoms with E-state index < -0.39 is 5.41 Å². The average molecular weight is 420 g/mol. The molecule has 2 fully saturated rings. The van der Waals surface area contributed by atoms with Crippen molar-refractivity contribution in [2.75, 3.05) is 26.2 Å². The Morgan fingerprint density at radius 3 is 2.68 bits per heavy atom. The lowest BCUT2D eigenvalue weighted by Gasteiger charge is -2.27. The third-order valence-electron chi connectivity index (χ3n) is 6.43. The molecule has 3 aromatic heterocycles. The lowest BCUT2D eigenvalue weighted by atomic mass is 9.80. The molecule has 0 aliphatic carbocycles. The summed E-state index contributed by atoms with van der Waals surface area (Å²) in [6.45, 7) is 6.06. The molecule has 10 nitrogen and oxygen atoms in total. The molecule has 0 saturated carbocycles. The van der Waals surface area contributed by atoms with Gasteiger partial charge in [-0.3, -0.25) is 19.7 Å². The van der Waals surface area contributed by atoms with Crippen molar-refractivity contribution >= 4 is 11.8 Å². The van der Waals surface area contributed by atoms with Crippen LogP contribution in [0.5, 0.6) is 0 Å². The summed E-state index contributed by atoms with van der Waals surface area (Å²) >= 11 is 0. The minimum absolute atomic E-state index is 0.0345. The van der Waals surface area contributed by atoms with Crippen LogP contribution in [0.3, 0.4) is 0 Å². The first-order valence-corrected chi connectivity index (χ1v) is 10.3. The van der Waals surface area contributed by atoms with Gasteiger partial charge < -0.3 is 14.4 Å². The van der Waals surface area contributed by atoms with Gasteiger partial charge in [-0.2, -0.15) is 5.10 Å². The van der Waals surface area contributed by atoms with Crippen LogP contribution in [0.15, 0.2) is 36.9 Å². The van der Waals surface area contributed by atoms with Gasteiger partial charge in [-0.15, -0.1) is 0 Å². The van der Waals surface area contributed by atoms with Crippen molar-refractivity contribution in [1.82, 2.24) is 39.5 Å². The number of pyridine rings is 1. The van der Waals surface area contributed by atoms with Gasteiger partial charge in [0.25, 0.3) is 5.91 Å². The van der Waals surface area contributed by atoms with E-state index in [0.29, 0.717) is 37.6 Å². The Morgan fingerprint density at radius 1 is 1.19 bits per heavy atom. The zero-order valence-electron chi connectivity index (χ0n) is 17.5. The first kappa shape index (κ1) is 19.4. The summed E-state index contributed by atoms with van der Waals surface area (Å²) in [7, 11) is 0. The fourth-order valence-electron chi connectivity index (χ4n) is 4.78. The second-order valence-electron chi connectivity index (χ2n) is 8.40. The average Bonchev–Trinajstić information content (AvgIpc) is 3.52. The monoisotopic (exact) mass is 420 g/mol. The molecular formula is C21H24N8O2. The minimum atomic E-state index is -0.484. The molecule has 31 heavy (non-hydrogen) atoms. The van der Waals surface area contributed by atoms with Crippen molar-refractivity contribution in [2.24, 2.45) is 5.92 Å². The molecule has 0 radical (unpaired) electrons. The predicted octanol–water partition coefficient (Wildman–Crippen LogP) is 0.565. The number of imidazole rings is 1. The molecule has 5 rings (SSSR count). The topological polar surface area (TPSA) is 113 Å². The van der Waals surface area contributed by atoms with Crippen LogP contribution >= 0.6 is 0 Å². The van der Waals surface area contributed by atoms with E-state index >= 15 is 0 Å². The van der Waals surface area contributed by atoms with Crippen molar-refractivity contribution in [1.29, 1.82) is 0 Å². The van der Waals surface area contributed by atoms with E-state index in [1.165, 1.54) is 0 Å². The number of carbonyl (C=O) groups excluding carboxylic acids is 2. The Kier molecular flexibility index (Phi) is 4.57. The fourth-order valence-corrected chi connectivity index (χ4v) is 4.78. The Balaban J connectivity index is 1.40. The van der Waals surface area contributed by atoms with Crippen LogP contribution in [0.25, 0.3) is 0 Å². The number of aromatic nitrogens is 6. The lowest BCUT2D eigenvalue weighted by Crippen LogP contribution is -2.42. The summed E-state index contributed by atoms with van der Waals surface area (Å²) in [6, 6.07) is 3.54. The molecule has 0 spiro atoms. The molecule has 160 valence electrons. The Labute approximate surface area is 179 Å². The van der Waals surface area contributed by atoms with Gasteiger partial charge in [0.15, 0.2) is 5.82 Å². The van der Waals surface area contributed by atoms with Crippen LogP contribution in [-0.2, 0) is 16.8 Å². The molecule has 1 N–H and O–H groups in total. The van der Waals surface area contributed by atoms with E-state index in [0.717, 1.165) is 11.6 Å². The summed E-state index contributed by atoms with van der Waals surface area (Å²) in [5.41, 5.74) is 0.0785. The molecule has 0 unspecified atom stereocenters. The third kappa shape index (κ3) is 3.28. The predicted molar refractivity (Wildman–Crippen MR) is 110 cm³/mol. The highest BCUT2D eigenvalue weighted by Crippen LogP contribution is 2.44. The number of hydrogen-bond donors (Lipinski definition) is 1. The van der Waals surface area contributed by atoms with Gasteiger partial charge in [-0.25, -0.2) is 9.97 Å². The van der Waals surface area contributed by atoms with Crippen molar-refractivity contribution in [3.63, 3.8) is 0 Å². The smallest absolute Gasteiger partial charge is 0.255 e. The number of likely N-dealkylation sites (tertiary alicyclic amines) is 2. The van der Waals surface area contributed by atoms with Crippen molar-refractivity contribution in [3.8, 4) is 0 Å². The highest BCUT2D eigenvalue weighted by atomic mass is 16.2. The van der Waals surface area contributed by atoms with E-state index in [1.54, 1.807) is 30.7 Å². The van der Waals surface area contributed by atoms with E-state index in [2.05, 4.69) is 25.1 Å². The van der Waals surface area contributed by atoms with Crippen LogP contribution < -0.4 is 0 Å². The third-order valence-corrected chi connectivity index (χ3v) is 6.43. The van der Waals surface area contributed by atoms with E-state index in [4.69, 9.17) is 0 Å². The summed E-state index contributed by atoms with van der Waals surface area (Å²) in [5.74, 6) is 2.24. The van der Waals surface area contributed by atoms with Crippen molar-refractivity contribution < 1.29 is 9.59 Å². The highest BCUT2D eigenvalue weighted by Gasteiger charge is 2.57. The van der Waals surface area contributed by atoms with Gasteiger partial charge in [0, 0.05) is 56.9 Å². The Hall–Kier alpha value is -3.56. The summed E-state index contributed by atoms with van der Waals surface area (Å²) < 4.78 is 1.85. The summed E-state index contributed by atoms with van der Waals surface area (Å²) in [4.78, 5) is 42.7. The van der Waals surface area contributed by atoms with Gasteiger partial charge >= 0.3 is 0 Å². The summed E-state index contributed by atoms with van der Waals surface area (Å²) in [5, 5.41) is 7.37. The van der Waals surface area contributed by atoms with Crippen LogP contribution in [-0.4, -0.2) is 77.5 Å². The van der Waals surface area contributed by atoms with Gasteiger partial charge in [0.2, 0.25) is 5.91 Å². The zero-order chi connectivity index (χ0) is 21.6. The van der Waals surface area contributed by atoms with Gasteiger partial charge in [0.1, 0.15) is 18.2 Å². The van der Waals surface area contributed by atoms with Crippen LogP contribution in [0.2, 0.25) is 0 Å². The van der Waals surface area contributed by atoms with Crippen molar-refractivity contribution in [3.05, 3.63) is 60.0 Å². The van der Waals surface area contributed by atoms with Crippen LogP contribution in [0, 0.1) is 19.8 Å². The molecule has 2 atom stereocenters. The molecular weight excluding hydrogens is 396 g/mol. The number of rotatable bonds is 4. The van der Waals surface area contributed by atoms with E-state index in [-0.39, 0.29) is 24.3 Å². The van der Waals surface area contributed by atoms with Crippen molar-refractivity contribution in [2.45, 2.75) is 25.8 Å². The number of aryl methyl sites for hydroxylation is 2. The number of H-pyrrole nitrogens is 1. The Bertz CT molecular complexity index is 1120. The van der Waals surface area contributed by atoms with Gasteiger partial charge in [-0.05, 0) is 26.0 Å². The molecule has 3 aromatic rings. The highest BCUT2D eigenvalue weighted by molar-refractivity contribution is 5.94. The lowest BCUT2D eigenvalue weighted by molar-refractivity contribution is -0.131. The maximum Gasteiger partial charge on any atom is 0.255 e. The maximum absolute atomic E-state index is 13.1. The Morgan fingerprint density at radius 2 is 2.00 bits per heavy atom. The van der Waals surface area contributed by atoms with E-state index in [9.17, 15) is 9.59 Å². The standard InChI is InChI=1S/C21H24N8O2/c1-14-24-20(26-25-14)21-12-28(18(30)11-27-7-6-23-15(27)2)9-17(21)10-29(13-21)19(31)16-4-3-5-22-8-16/h3-8,17H,9-13H2,1-2H3,(H,24,25,26)/t17-,21-/m1/s1. The number of aromatic amines is 1. The molecule has 2 aliphatic heterocycles. The second kappa shape index (κ2) is 7.29. The molecule has 2 amide bonds. The van der Waals surface area contributed by atoms with E-state index in [1.807, 2.05) is 34.4 Å². The molecule has 0 bridgehead atoms. The molecule has 10 heteroatoms. The largest absolute Gasteiger partial charge is 0.340 e. The molecule has 5 heterocycles. The SMILES string of the molecule is Cc1nc([C@@]23CN(C(=O)Cn4ccnc4C)C[C@@H]2CN(C(=O)c2cccnc2)C3)n[nH]1. The van der Waals surface area contributed by atoms with Gasteiger partial charge in [0.05, 0.1) is 11.0 Å². The molecule has 0 aromatic carbocycles. The molecule has 2 saturated heterocycles. The van der Waals surface area contributed by atoms with Gasteiger partial charge in [-0.1, -0.05) is 0 Å². The molecule has 2 aliphatic rings. The number of carbonyl (C=O) groups is 2. The first-order chi connectivity index (χ1) is 15.0. The van der Waals surface area contributed by atoms with Crippen LogP contribution in [0.4, 0.5) is 0 Å². The fraction of sp³-hybridized carbons (Fsp3) is 0.429. The normalized spacial score (nSPS) is 22.7. The minimum Gasteiger partial charge on any atom is -0.340 e. The number of amides is 2. The maximum atomic E-state index is 13.1. The number of hydrogen-bond acceptors (Lipinski definition) is 6. The number of fused-ring (bicyclic) bond motifs is 1.